The highest BCUT2D eigenvalue weighted by Gasteiger charge is 2.19. The second-order valence-corrected chi connectivity index (χ2v) is 5.39. The lowest BCUT2D eigenvalue weighted by molar-refractivity contribution is -0.113. The number of phenols is 2. The molecule has 4 heteroatoms. The number of phenolic OH excluding ortho intramolecular Hbond substituents is 2. The van der Waals surface area contributed by atoms with Gasteiger partial charge in [-0.25, -0.2) is 0 Å². The first-order valence-electron chi connectivity index (χ1n) is 6.17. The molecule has 0 saturated heterocycles. The van der Waals surface area contributed by atoms with Gasteiger partial charge in [-0.15, -0.1) is 0 Å². The third kappa shape index (κ3) is 4.39. The number of carbonyl (C=O) groups is 2. The maximum absolute atomic E-state index is 10.3. The molecule has 1 aromatic rings. The Balaban J connectivity index is 0.000000217. The Morgan fingerprint density at radius 3 is 1.65 bits per heavy atom. The minimum atomic E-state index is -0.136. The van der Waals surface area contributed by atoms with Crippen LogP contribution in [0.25, 0.3) is 0 Å². The molecule has 1 aliphatic rings. The zero-order valence-electron chi connectivity index (χ0n) is 11.8. The average molecular weight is 274 g/mol. The summed E-state index contributed by atoms with van der Waals surface area (Å²) >= 11 is 0. The summed E-state index contributed by atoms with van der Waals surface area (Å²) in [4.78, 5) is 20.6. The van der Waals surface area contributed by atoms with Crippen LogP contribution in [0.1, 0.15) is 26.3 Å². The van der Waals surface area contributed by atoms with Crippen molar-refractivity contribution in [3.05, 3.63) is 48.1 Å². The van der Waals surface area contributed by atoms with Gasteiger partial charge in [0.15, 0.2) is 23.1 Å². The van der Waals surface area contributed by atoms with Crippen LogP contribution in [0.4, 0.5) is 0 Å². The molecule has 0 saturated carbocycles. The molecule has 0 heterocycles. The molecular formula is C16H18O4. The second-order valence-electron chi connectivity index (χ2n) is 5.39. The molecular weight excluding hydrogens is 256 g/mol. The molecule has 0 aromatic heterocycles. The monoisotopic (exact) mass is 274 g/mol. The van der Waals surface area contributed by atoms with Crippen molar-refractivity contribution in [3.63, 3.8) is 0 Å². The van der Waals surface area contributed by atoms with Crippen LogP contribution >= 0.6 is 0 Å². The van der Waals surface area contributed by atoms with Crippen LogP contribution in [-0.4, -0.2) is 21.8 Å². The van der Waals surface area contributed by atoms with Gasteiger partial charge >= 0.3 is 0 Å². The molecule has 2 N–H and O–H groups in total. The van der Waals surface area contributed by atoms with Crippen molar-refractivity contribution in [2.45, 2.75) is 26.2 Å². The lowest BCUT2D eigenvalue weighted by Gasteiger charge is -2.20. The van der Waals surface area contributed by atoms with E-state index in [9.17, 15) is 19.8 Å². The van der Waals surface area contributed by atoms with E-state index in [1.807, 2.05) is 26.8 Å². The van der Waals surface area contributed by atoms with Crippen molar-refractivity contribution in [2.24, 2.45) is 0 Å². The number of benzene rings is 1. The topological polar surface area (TPSA) is 74.6 Å². The van der Waals surface area contributed by atoms with Crippen molar-refractivity contribution in [1.29, 1.82) is 0 Å². The average Bonchev–Trinajstić information content (AvgIpc) is 2.36. The van der Waals surface area contributed by atoms with Gasteiger partial charge in [-0.05, 0) is 35.8 Å². The highest BCUT2D eigenvalue weighted by Crippen LogP contribution is 2.36. The first kappa shape index (κ1) is 15.7. The van der Waals surface area contributed by atoms with E-state index in [-0.39, 0.29) is 28.5 Å². The molecule has 0 atom stereocenters. The predicted molar refractivity (Wildman–Crippen MR) is 76.8 cm³/mol. The van der Waals surface area contributed by atoms with E-state index in [2.05, 4.69) is 0 Å². The minimum absolute atomic E-state index is 0.00926. The summed E-state index contributed by atoms with van der Waals surface area (Å²) < 4.78 is 0. The number of hydrogen-bond donors (Lipinski definition) is 2. The fourth-order valence-corrected chi connectivity index (χ4v) is 1.58. The van der Waals surface area contributed by atoms with Gasteiger partial charge in [-0.1, -0.05) is 32.9 Å². The van der Waals surface area contributed by atoms with Gasteiger partial charge in [-0.2, -0.15) is 0 Å². The molecule has 0 spiro atoms. The smallest absolute Gasteiger partial charge is 0.178 e. The van der Waals surface area contributed by atoms with Crippen LogP contribution in [0.5, 0.6) is 11.5 Å². The van der Waals surface area contributed by atoms with Gasteiger partial charge in [0.2, 0.25) is 0 Å². The molecule has 20 heavy (non-hydrogen) atoms. The van der Waals surface area contributed by atoms with E-state index in [1.165, 1.54) is 30.4 Å². The van der Waals surface area contributed by atoms with Gasteiger partial charge in [0.1, 0.15) is 0 Å². The van der Waals surface area contributed by atoms with E-state index >= 15 is 0 Å². The molecule has 106 valence electrons. The summed E-state index contributed by atoms with van der Waals surface area (Å²) in [5, 5.41) is 18.7. The van der Waals surface area contributed by atoms with Crippen molar-refractivity contribution < 1.29 is 19.8 Å². The van der Waals surface area contributed by atoms with Gasteiger partial charge < -0.3 is 10.2 Å². The Hall–Kier alpha value is -2.36. The van der Waals surface area contributed by atoms with Gasteiger partial charge in [0, 0.05) is 5.56 Å². The van der Waals surface area contributed by atoms with Gasteiger partial charge in [0.25, 0.3) is 0 Å². The Morgan fingerprint density at radius 1 is 0.850 bits per heavy atom. The number of hydrogen-bond acceptors (Lipinski definition) is 4. The lowest BCUT2D eigenvalue weighted by Crippen LogP contribution is -2.10. The number of ketones is 2. The Bertz CT molecular complexity index is 537. The molecule has 4 nitrogen and oxygen atoms in total. The molecule has 2 rings (SSSR count). The molecule has 1 aliphatic carbocycles. The highest BCUT2D eigenvalue weighted by atomic mass is 16.3. The SMILES string of the molecule is CC(C)(C)c1cccc(O)c1O.O=C1C=CC(=O)C=C1. The summed E-state index contributed by atoms with van der Waals surface area (Å²) in [5.74, 6) is -0.304. The molecule has 0 unspecified atom stereocenters. The maximum Gasteiger partial charge on any atom is 0.178 e. The summed E-state index contributed by atoms with van der Waals surface area (Å²) in [5.41, 5.74) is 0.630. The van der Waals surface area contributed by atoms with Crippen molar-refractivity contribution in [3.8, 4) is 11.5 Å². The van der Waals surface area contributed by atoms with E-state index in [0.717, 1.165) is 5.56 Å². The number of aromatic hydroxyl groups is 2. The quantitative estimate of drug-likeness (QED) is 0.563. The zero-order chi connectivity index (χ0) is 15.3. The predicted octanol–water partition coefficient (Wildman–Crippen LogP) is 2.65. The van der Waals surface area contributed by atoms with Crippen molar-refractivity contribution in [1.82, 2.24) is 0 Å². The first-order chi connectivity index (χ1) is 9.21. The van der Waals surface area contributed by atoms with E-state index in [0.29, 0.717) is 0 Å². The largest absolute Gasteiger partial charge is 0.504 e. The fourth-order valence-electron chi connectivity index (χ4n) is 1.58. The highest BCUT2D eigenvalue weighted by molar-refractivity contribution is 6.14. The van der Waals surface area contributed by atoms with Crippen LogP contribution in [0.15, 0.2) is 42.5 Å². The normalized spacial score (nSPS) is 13.9. The summed E-state index contributed by atoms with van der Waals surface area (Å²) in [6, 6.07) is 5.02. The summed E-state index contributed by atoms with van der Waals surface area (Å²) in [6.07, 6.45) is 5.01. The van der Waals surface area contributed by atoms with Crippen LogP contribution in [0.2, 0.25) is 0 Å². The summed E-state index contributed by atoms with van der Waals surface area (Å²) in [6.45, 7) is 5.96. The van der Waals surface area contributed by atoms with Gasteiger partial charge in [0.05, 0.1) is 0 Å². The third-order valence-corrected chi connectivity index (χ3v) is 2.65. The molecule has 0 fully saturated rings. The molecule has 0 aliphatic heterocycles. The summed E-state index contributed by atoms with van der Waals surface area (Å²) in [7, 11) is 0. The Morgan fingerprint density at radius 2 is 1.30 bits per heavy atom. The maximum atomic E-state index is 10.3. The van der Waals surface area contributed by atoms with E-state index < -0.39 is 0 Å². The van der Waals surface area contributed by atoms with E-state index in [1.54, 1.807) is 6.07 Å². The second kappa shape index (κ2) is 6.19. The number of allylic oxidation sites excluding steroid dienone is 4. The standard InChI is InChI=1S/C10H14O2.C6H4O2/c1-10(2,3)7-5-4-6-8(11)9(7)12;7-5-1-2-6(8)4-3-5/h4-6,11-12H,1-3H3;1-4H. The Labute approximate surface area is 118 Å². The van der Waals surface area contributed by atoms with E-state index in [4.69, 9.17) is 0 Å². The van der Waals surface area contributed by atoms with Crippen LogP contribution < -0.4 is 0 Å². The number of rotatable bonds is 0. The molecule has 0 radical (unpaired) electrons. The van der Waals surface area contributed by atoms with Crippen LogP contribution in [0, 0.1) is 0 Å². The van der Waals surface area contributed by atoms with Gasteiger partial charge in [-0.3, -0.25) is 9.59 Å². The zero-order valence-corrected chi connectivity index (χ0v) is 11.8. The lowest BCUT2D eigenvalue weighted by atomic mass is 9.86. The number of carbonyl (C=O) groups excluding carboxylic acids is 2. The minimum Gasteiger partial charge on any atom is -0.504 e. The third-order valence-electron chi connectivity index (χ3n) is 2.65. The Kier molecular flexibility index (Phi) is 4.86. The number of para-hydroxylation sites is 1. The van der Waals surface area contributed by atoms with Crippen LogP contribution in [-0.2, 0) is 15.0 Å². The fraction of sp³-hybridized carbons (Fsp3) is 0.250. The first-order valence-corrected chi connectivity index (χ1v) is 6.17. The molecule has 0 bridgehead atoms. The molecule has 0 amide bonds. The van der Waals surface area contributed by atoms with Crippen molar-refractivity contribution >= 4 is 11.6 Å². The van der Waals surface area contributed by atoms with Crippen LogP contribution in [0.3, 0.4) is 0 Å². The molecule has 1 aromatic carbocycles. The van der Waals surface area contributed by atoms with Crippen molar-refractivity contribution in [2.75, 3.05) is 0 Å².